The van der Waals surface area contributed by atoms with Crippen LogP contribution in [0.3, 0.4) is 0 Å². The first kappa shape index (κ1) is 16.6. The predicted octanol–water partition coefficient (Wildman–Crippen LogP) is 4.09. The van der Waals surface area contributed by atoms with E-state index in [1.165, 1.54) is 18.2 Å². The average Bonchev–Trinajstić information content (AvgIpc) is 2.61. The standard InChI is InChI=1S/C20H18FN3O/c1-24(2)16-7-3-14(4-8-16)5-10-20(25)23-19-11-12-22-18-9-6-15(21)13-17(18)19/h3-13H,1-2H3,(H,22,23,25)/b10-5+. The molecule has 0 bridgehead atoms. The number of amides is 1. The first-order valence-electron chi connectivity index (χ1n) is 7.84. The molecular formula is C20H18FN3O. The Morgan fingerprint density at radius 3 is 2.60 bits per heavy atom. The Labute approximate surface area is 145 Å². The van der Waals surface area contributed by atoms with Gasteiger partial charge in [-0.3, -0.25) is 9.78 Å². The van der Waals surface area contributed by atoms with Gasteiger partial charge >= 0.3 is 0 Å². The highest BCUT2D eigenvalue weighted by Gasteiger charge is 2.05. The van der Waals surface area contributed by atoms with Crippen LogP contribution in [0.25, 0.3) is 17.0 Å². The van der Waals surface area contributed by atoms with Crippen LogP contribution in [0.2, 0.25) is 0 Å². The summed E-state index contributed by atoms with van der Waals surface area (Å²) in [5.41, 5.74) is 3.17. The molecule has 1 heterocycles. The zero-order chi connectivity index (χ0) is 17.8. The number of anilines is 2. The molecule has 0 saturated carbocycles. The van der Waals surface area contributed by atoms with Crippen LogP contribution < -0.4 is 10.2 Å². The van der Waals surface area contributed by atoms with Gasteiger partial charge in [0.05, 0.1) is 11.2 Å². The third-order valence-corrected chi connectivity index (χ3v) is 3.80. The Morgan fingerprint density at radius 1 is 1.12 bits per heavy atom. The van der Waals surface area contributed by atoms with Crippen molar-refractivity contribution < 1.29 is 9.18 Å². The topological polar surface area (TPSA) is 45.2 Å². The Bertz CT molecular complexity index is 933. The first-order valence-corrected chi connectivity index (χ1v) is 7.84. The van der Waals surface area contributed by atoms with Crippen molar-refractivity contribution in [3.63, 3.8) is 0 Å². The monoisotopic (exact) mass is 335 g/mol. The molecule has 5 heteroatoms. The van der Waals surface area contributed by atoms with E-state index in [-0.39, 0.29) is 11.7 Å². The molecule has 3 rings (SSSR count). The van der Waals surface area contributed by atoms with Gasteiger partial charge in [-0.1, -0.05) is 12.1 Å². The lowest BCUT2D eigenvalue weighted by Gasteiger charge is -2.11. The summed E-state index contributed by atoms with van der Waals surface area (Å²) in [4.78, 5) is 18.3. The number of fused-ring (bicyclic) bond motifs is 1. The van der Waals surface area contributed by atoms with Crippen molar-refractivity contribution in [3.8, 4) is 0 Å². The van der Waals surface area contributed by atoms with Crippen molar-refractivity contribution in [2.45, 2.75) is 0 Å². The summed E-state index contributed by atoms with van der Waals surface area (Å²) in [6, 6.07) is 13.8. The molecule has 1 N–H and O–H groups in total. The van der Waals surface area contributed by atoms with Crippen LogP contribution in [0.5, 0.6) is 0 Å². The van der Waals surface area contributed by atoms with Gasteiger partial charge in [-0.2, -0.15) is 0 Å². The molecule has 126 valence electrons. The Morgan fingerprint density at radius 2 is 1.88 bits per heavy atom. The number of carbonyl (C=O) groups excluding carboxylic acids is 1. The lowest BCUT2D eigenvalue weighted by Crippen LogP contribution is -2.08. The highest BCUT2D eigenvalue weighted by molar-refractivity contribution is 6.06. The fourth-order valence-electron chi connectivity index (χ4n) is 2.46. The smallest absolute Gasteiger partial charge is 0.248 e. The van der Waals surface area contributed by atoms with Gasteiger partial charge in [0.25, 0.3) is 0 Å². The van der Waals surface area contributed by atoms with E-state index < -0.39 is 0 Å². The lowest BCUT2D eigenvalue weighted by atomic mass is 10.1. The van der Waals surface area contributed by atoms with Gasteiger partial charge in [-0.25, -0.2) is 4.39 Å². The maximum atomic E-state index is 13.5. The second-order valence-electron chi connectivity index (χ2n) is 5.83. The molecule has 3 aromatic rings. The number of aromatic nitrogens is 1. The fraction of sp³-hybridized carbons (Fsp3) is 0.100. The molecular weight excluding hydrogens is 317 g/mol. The summed E-state index contributed by atoms with van der Waals surface area (Å²) >= 11 is 0. The van der Waals surface area contributed by atoms with Gasteiger partial charge in [0.15, 0.2) is 0 Å². The van der Waals surface area contributed by atoms with Crippen LogP contribution in [0.15, 0.2) is 60.8 Å². The third kappa shape index (κ3) is 4.01. The van der Waals surface area contributed by atoms with E-state index in [9.17, 15) is 9.18 Å². The number of halogens is 1. The van der Waals surface area contributed by atoms with E-state index in [0.29, 0.717) is 16.6 Å². The minimum Gasteiger partial charge on any atom is -0.378 e. The van der Waals surface area contributed by atoms with Crippen LogP contribution in [-0.2, 0) is 4.79 Å². The molecule has 0 spiro atoms. The SMILES string of the molecule is CN(C)c1ccc(/C=C/C(=O)Nc2ccnc3ccc(F)cc23)cc1. The molecule has 2 aromatic carbocycles. The molecule has 4 nitrogen and oxygen atoms in total. The quantitative estimate of drug-likeness (QED) is 0.730. The van der Waals surface area contributed by atoms with Gasteiger partial charge in [-0.15, -0.1) is 0 Å². The summed E-state index contributed by atoms with van der Waals surface area (Å²) in [6.45, 7) is 0. The molecule has 0 saturated heterocycles. The molecule has 0 atom stereocenters. The van der Waals surface area contributed by atoms with Gasteiger partial charge in [0, 0.05) is 37.4 Å². The normalized spacial score (nSPS) is 11.0. The van der Waals surface area contributed by atoms with Crippen molar-refractivity contribution in [1.82, 2.24) is 4.98 Å². The fourth-order valence-corrected chi connectivity index (χ4v) is 2.46. The van der Waals surface area contributed by atoms with E-state index in [0.717, 1.165) is 11.3 Å². The predicted molar refractivity (Wildman–Crippen MR) is 100 cm³/mol. The number of benzene rings is 2. The second kappa shape index (κ2) is 7.13. The molecule has 1 aromatic heterocycles. The van der Waals surface area contributed by atoms with Crippen LogP contribution >= 0.6 is 0 Å². The van der Waals surface area contributed by atoms with Crippen molar-refractivity contribution in [2.24, 2.45) is 0 Å². The summed E-state index contributed by atoms with van der Waals surface area (Å²) in [7, 11) is 3.94. The number of hydrogen-bond donors (Lipinski definition) is 1. The number of hydrogen-bond acceptors (Lipinski definition) is 3. The van der Waals surface area contributed by atoms with Crippen LogP contribution in [0, 0.1) is 5.82 Å². The molecule has 0 aliphatic heterocycles. The molecule has 0 unspecified atom stereocenters. The molecule has 1 amide bonds. The van der Waals surface area contributed by atoms with E-state index in [4.69, 9.17) is 0 Å². The minimum absolute atomic E-state index is 0.284. The minimum atomic E-state index is -0.368. The highest BCUT2D eigenvalue weighted by atomic mass is 19.1. The van der Waals surface area contributed by atoms with E-state index in [1.54, 1.807) is 24.4 Å². The maximum absolute atomic E-state index is 13.5. The lowest BCUT2D eigenvalue weighted by molar-refractivity contribution is -0.111. The Hall–Kier alpha value is -3.21. The van der Waals surface area contributed by atoms with Crippen LogP contribution in [0.1, 0.15) is 5.56 Å². The third-order valence-electron chi connectivity index (χ3n) is 3.80. The maximum Gasteiger partial charge on any atom is 0.248 e. The highest BCUT2D eigenvalue weighted by Crippen LogP contribution is 2.22. The van der Waals surface area contributed by atoms with E-state index in [1.807, 2.05) is 43.3 Å². The van der Waals surface area contributed by atoms with Crippen LogP contribution in [0.4, 0.5) is 15.8 Å². The number of rotatable bonds is 4. The number of nitrogens with one attached hydrogen (secondary N) is 1. The molecule has 0 radical (unpaired) electrons. The average molecular weight is 335 g/mol. The van der Waals surface area contributed by atoms with E-state index in [2.05, 4.69) is 10.3 Å². The molecule has 25 heavy (non-hydrogen) atoms. The van der Waals surface area contributed by atoms with Crippen molar-refractivity contribution in [2.75, 3.05) is 24.3 Å². The molecule has 0 aliphatic rings. The number of nitrogens with zero attached hydrogens (tertiary/aromatic N) is 2. The summed E-state index contributed by atoms with van der Waals surface area (Å²) in [5.74, 6) is -0.652. The summed E-state index contributed by atoms with van der Waals surface area (Å²) in [6.07, 6.45) is 4.77. The zero-order valence-electron chi connectivity index (χ0n) is 14.0. The van der Waals surface area contributed by atoms with E-state index >= 15 is 0 Å². The second-order valence-corrected chi connectivity index (χ2v) is 5.83. The molecule has 0 aliphatic carbocycles. The Balaban J connectivity index is 1.75. The van der Waals surface area contributed by atoms with Crippen molar-refractivity contribution in [1.29, 1.82) is 0 Å². The van der Waals surface area contributed by atoms with Gasteiger partial charge in [-0.05, 0) is 48.0 Å². The molecule has 0 fully saturated rings. The summed E-state index contributed by atoms with van der Waals surface area (Å²) in [5, 5.41) is 3.34. The summed E-state index contributed by atoms with van der Waals surface area (Å²) < 4.78 is 13.5. The van der Waals surface area contributed by atoms with Crippen molar-refractivity contribution in [3.05, 3.63) is 72.2 Å². The first-order chi connectivity index (χ1) is 12.0. The van der Waals surface area contributed by atoms with Crippen molar-refractivity contribution >= 4 is 34.3 Å². The van der Waals surface area contributed by atoms with Gasteiger partial charge in [0.2, 0.25) is 5.91 Å². The largest absolute Gasteiger partial charge is 0.378 e. The zero-order valence-corrected chi connectivity index (χ0v) is 14.0. The van der Waals surface area contributed by atoms with Gasteiger partial charge in [0.1, 0.15) is 5.82 Å². The van der Waals surface area contributed by atoms with Crippen LogP contribution in [-0.4, -0.2) is 25.0 Å². The number of pyridine rings is 1. The van der Waals surface area contributed by atoms with Gasteiger partial charge < -0.3 is 10.2 Å². The Kier molecular flexibility index (Phi) is 4.75. The number of carbonyl (C=O) groups is 1.